The van der Waals surface area contributed by atoms with Crippen molar-refractivity contribution >= 4 is 16.0 Å². The SMILES string of the molecule is N/C(=N/O)c1ccc(CNS(=O)(=O)NC2CC2)c(F)c1. The number of hydrogen-bond acceptors (Lipinski definition) is 4. The van der Waals surface area contributed by atoms with Crippen molar-refractivity contribution in [3.05, 3.63) is 35.1 Å². The van der Waals surface area contributed by atoms with Gasteiger partial charge in [0.25, 0.3) is 10.2 Å². The average molecular weight is 302 g/mol. The summed E-state index contributed by atoms with van der Waals surface area (Å²) in [7, 11) is -3.62. The van der Waals surface area contributed by atoms with E-state index in [1.54, 1.807) is 0 Å². The standard InChI is InChI=1S/C11H15FN4O3S/c12-10-5-7(11(13)15-17)1-2-8(10)6-14-20(18,19)16-9-3-4-9/h1-2,5,9,14,16-17H,3-4,6H2,(H2,13,15). The molecule has 1 fully saturated rings. The molecule has 0 bridgehead atoms. The maximum atomic E-state index is 13.7. The minimum Gasteiger partial charge on any atom is -0.409 e. The lowest BCUT2D eigenvalue weighted by Crippen LogP contribution is -2.37. The molecule has 1 aromatic carbocycles. The van der Waals surface area contributed by atoms with Crippen molar-refractivity contribution in [1.82, 2.24) is 9.44 Å². The molecule has 0 radical (unpaired) electrons. The molecule has 1 aromatic rings. The first-order valence-electron chi connectivity index (χ1n) is 5.94. The largest absolute Gasteiger partial charge is 0.409 e. The highest BCUT2D eigenvalue weighted by molar-refractivity contribution is 7.87. The van der Waals surface area contributed by atoms with Crippen LogP contribution in [0.3, 0.4) is 0 Å². The molecular formula is C11H15FN4O3S. The number of nitrogens with two attached hydrogens (primary N) is 1. The number of rotatable bonds is 6. The fraction of sp³-hybridized carbons (Fsp3) is 0.364. The van der Waals surface area contributed by atoms with Gasteiger partial charge in [-0.15, -0.1) is 0 Å². The molecule has 1 aliphatic carbocycles. The van der Waals surface area contributed by atoms with Gasteiger partial charge >= 0.3 is 0 Å². The van der Waals surface area contributed by atoms with Crippen LogP contribution in [0.25, 0.3) is 0 Å². The molecule has 0 aromatic heterocycles. The van der Waals surface area contributed by atoms with E-state index in [0.717, 1.165) is 18.9 Å². The lowest BCUT2D eigenvalue weighted by molar-refractivity contribution is 0.318. The first-order chi connectivity index (χ1) is 9.41. The second-order valence-electron chi connectivity index (χ2n) is 4.51. The molecule has 0 amide bonds. The summed E-state index contributed by atoms with van der Waals surface area (Å²) in [4.78, 5) is 0. The van der Waals surface area contributed by atoms with Crippen LogP contribution >= 0.6 is 0 Å². The zero-order valence-electron chi connectivity index (χ0n) is 10.5. The van der Waals surface area contributed by atoms with Crippen LogP contribution in [0.15, 0.2) is 23.4 Å². The molecule has 0 heterocycles. The molecule has 110 valence electrons. The number of nitrogens with one attached hydrogen (secondary N) is 2. The van der Waals surface area contributed by atoms with Crippen LogP contribution in [-0.2, 0) is 16.8 Å². The molecule has 0 aliphatic heterocycles. The molecule has 1 aliphatic rings. The highest BCUT2D eigenvalue weighted by Crippen LogP contribution is 2.19. The number of nitrogens with zero attached hydrogens (tertiary/aromatic N) is 1. The number of amidine groups is 1. The third kappa shape index (κ3) is 3.89. The monoisotopic (exact) mass is 302 g/mol. The Bertz CT molecular complexity index is 629. The van der Waals surface area contributed by atoms with Crippen LogP contribution < -0.4 is 15.2 Å². The number of hydrogen-bond donors (Lipinski definition) is 4. The Morgan fingerprint density at radius 1 is 1.50 bits per heavy atom. The Labute approximate surface area is 115 Å². The van der Waals surface area contributed by atoms with Gasteiger partial charge in [0.05, 0.1) is 0 Å². The minimum atomic E-state index is -3.62. The quantitative estimate of drug-likeness (QED) is 0.256. The summed E-state index contributed by atoms with van der Waals surface area (Å²) < 4.78 is 41.6. The summed E-state index contributed by atoms with van der Waals surface area (Å²) in [6.07, 6.45) is 1.65. The van der Waals surface area contributed by atoms with Gasteiger partial charge in [-0.1, -0.05) is 17.3 Å². The fourth-order valence-electron chi connectivity index (χ4n) is 1.54. The number of oxime groups is 1. The van der Waals surface area contributed by atoms with E-state index in [0.29, 0.717) is 0 Å². The van der Waals surface area contributed by atoms with E-state index in [4.69, 9.17) is 10.9 Å². The van der Waals surface area contributed by atoms with Crippen molar-refractivity contribution in [3.8, 4) is 0 Å². The predicted molar refractivity (Wildman–Crippen MR) is 70.8 cm³/mol. The van der Waals surface area contributed by atoms with E-state index in [-0.39, 0.29) is 29.5 Å². The van der Waals surface area contributed by atoms with Crippen molar-refractivity contribution in [1.29, 1.82) is 0 Å². The maximum absolute atomic E-state index is 13.7. The van der Waals surface area contributed by atoms with E-state index in [2.05, 4.69) is 14.6 Å². The van der Waals surface area contributed by atoms with Crippen molar-refractivity contribution in [2.45, 2.75) is 25.4 Å². The van der Waals surface area contributed by atoms with Crippen LogP contribution in [0.2, 0.25) is 0 Å². The second-order valence-corrected chi connectivity index (χ2v) is 6.04. The smallest absolute Gasteiger partial charge is 0.277 e. The first-order valence-corrected chi connectivity index (χ1v) is 7.43. The van der Waals surface area contributed by atoms with E-state index < -0.39 is 16.0 Å². The summed E-state index contributed by atoms with van der Waals surface area (Å²) in [5.41, 5.74) is 5.71. The first kappa shape index (κ1) is 14.7. The summed E-state index contributed by atoms with van der Waals surface area (Å²) in [5, 5.41) is 11.2. The molecule has 0 atom stereocenters. The molecule has 1 saturated carbocycles. The highest BCUT2D eigenvalue weighted by atomic mass is 32.2. The molecule has 0 spiro atoms. The summed E-state index contributed by atoms with van der Waals surface area (Å²) in [5.74, 6) is -0.852. The lowest BCUT2D eigenvalue weighted by Gasteiger charge is -2.09. The van der Waals surface area contributed by atoms with Crippen LogP contribution in [0, 0.1) is 5.82 Å². The molecule has 9 heteroatoms. The number of benzene rings is 1. The summed E-state index contributed by atoms with van der Waals surface area (Å²) >= 11 is 0. The molecule has 5 N–H and O–H groups in total. The Balaban J connectivity index is 2.02. The summed E-state index contributed by atoms with van der Waals surface area (Å²) in [6, 6.07) is 3.88. The van der Waals surface area contributed by atoms with Crippen molar-refractivity contribution < 1.29 is 18.0 Å². The molecule has 20 heavy (non-hydrogen) atoms. The summed E-state index contributed by atoms with van der Waals surface area (Å²) in [6.45, 7) is -0.176. The fourth-order valence-corrected chi connectivity index (χ4v) is 2.65. The van der Waals surface area contributed by atoms with Crippen LogP contribution in [-0.4, -0.2) is 25.5 Å². The van der Waals surface area contributed by atoms with Crippen LogP contribution in [0.4, 0.5) is 4.39 Å². The minimum absolute atomic E-state index is 0.0136. The molecule has 0 unspecified atom stereocenters. The Morgan fingerprint density at radius 3 is 2.75 bits per heavy atom. The predicted octanol–water partition coefficient (Wildman–Crippen LogP) is 0.00660. The third-order valence-electron chi connectivity index (χ3n) is 2.81. The van der Waals surface area contributed by atoms with Gasteiger partial charge < -0.3 is 10.9 Å². The zero-order chi connectivity index (χ0) is 14.8. The third-order valence-corrected chi connectivity index (χ3v) is 3.98. The van der Waals surface area contributed by atoms with Gasteiger partial charge in [0, 0.05) is 23.7 Å². The Morgan fingerprint density at radius 2 is 2.20 bits per heavy atom. The van der Waals surface area contributed by atoms with Crippen molar-refractivity contribution in [2.24, 2.45) is 10.9 Å². The van der Waals surface area contributed by atoms with Gasteiger partial charge in [-0.05, 0) is 18.9 Å². The van der Waals surface area contributed by atoms with E-state index >= 15 is 0 Å². The molecular weight excluding hydrogens is 287 g/mol. The highest BCUT2D eigenvalue weighted by Gasteiger charge is 2.26. The van der Waals surface area contributed by atoms with Crippen LogP contribution in [0.1, 0.15) is 24.0 Å². The topological polar surface area (TPSA) is 117 Å². The van der Waals surface area contributed by atoms with Crippen molar-refractivity contribution in [3.63, 3.8) is 0 Å². The van der Waals surface area contributed by atoms with E-state index in [1.807, 2.05) is 0 Å². The van der Waals surface area contributed by atoms with Gasteiger partial charge in [0.15, 0.2) is 5.84 Å². The van der Waals surface area contributed by atoms with Gasteiger partial charge in [-0.2, -0.15) is 17.9 Å². The second kappa shape index (κ2) is 5.73. The van der Waals surface area contributed by atoms with Gasteiger partial charge in [-0.3, -0.25) is 0 Å². The van der Waals surface area contributed by atoms with Gasteiger partial charge in [-0.25, -0.2) is 4.39 Å². The molecule has 7 nitrogen and oxygen atoms in total. The normalized spacial score (nSPS) is 16.4. The Hall–Kier alpha value is -1.71. The average Bonchev–Trinajstić information content (AvgIpc) is 3.19. The van der Waals surface area contributed by atoms with Crippen molar-refractivity contribution in [2.75, 3.05) is 0 Å². The molecule has 2 rings (SSSR count). The molecule has 0 saturated heterocycles. The van der Waals surface area contributed by atoms with E-state index in [1.165, 1.54) is 12.1 Å². The van der Waals surface area contributed by atoms with Gasteiger partial charge in [0.1, 0.15) is 5.82 Å². The Kier molecular flexibility index (Phi) is 4.21. The van der Waals surface area contributed by atoms with E-state index in [9.17, 15) is 12.8 Å². The van der Waals surface area contributed by atoms with Gasteiger partial charge in [0.2, 0.25) is 0 Å². The van der Waals surface area contributed by atoms with Crippen LogP contribution in [0.5, 0.6) is 0 Å². The lowest BCUT2D eigenvalue weighted by atomic mass is 10.1. The zero-order valence-corrected chi connectivity index (χ0v) is 11.3. The number of halogens is 1. The maximum Gasteiger partial charge on any atom is 0.277 e.